The van der Waals surface area contributed by atoms with Crippen molar-refractivity contribution in [2.75, 3.05) is 5.73 Å². The van der Waals surface area contributed by atoms with Crippen LogP contribution in [0.1, 0.15) is 39.0 Å². The zero-order valence-electron chi connectivity index (χ0n) is 12.2. The van der Waals surface area contributed by atoms with Gasteiger partial charge in [0.05, 0.1) is 12.2 Å². The average molecular weight is 289 g/mol. The number of nitrogens with two attached hydrogens (primary N) is 1. The predicted octanol–water partition coefficient (Wildman–Crippen LogP) is 3.03. The number of nitrogen functional groups attached to an aromatic ring is 1. The van der Waals surface area contributed by atoms with E-state index in [2.05, 4.69) is 22.4 Å². The lowest BCUT2D eigenvalue weighted by Gasteiger charge is -2.27. The van der Waals surface area contributed by atoms with Crippen molar-refractivity contribution in [3.63, 3.8) is 0 Å². The van der Waals surface area contributed by atoms with E-state index in [1.54, 1.807) is 16.8 Å². The molecular formula is C15H20FN5. The summed E-state index contributed by atoms with van der Waals surface area (Å²) in [5, 5.41) is 11.9. The number of anilines is 1. The number of rotatable bonds is 4. The van der Waals surface area contributed by atoms with Crippen LogP contribution in [0.2, 0.25) is 0 Å². The highest BCUT2D eigenvalue weighted by Crippen LogP contribution is 2.42. The molecule has 0 aliphatic heterocycles. The minimum absolute atomic E-state index is 0.138. The fraction of sp³-hybridized carbons (Fsp3) is 0.533. The molecule has 0 spiro atoms. The van der Waals surface area contributed by atoms with Gasteiger partial charge >= 0.3 is 0 Å². The first kappa shape index (κ1) is 14.0. The molecule has 1 aromatic carbocycles. The second-order valence-corrected chi connectivity index (χ2v) is 5.96. The Morgan fingerprint density at radius 2 is 2.10 bits per heavy atom. The molecule has 1 aliphatic carbocycles. The Morgan fingerprint density at radius 3 is 2.76 bits per heavy atom. The standard InChI is InChI=1S/C15H20FN5/c1-2-15(7-3-4-8-15)10-21-14(18-19-20-21)11-5-6-13(17)12(16)9-11/h5-6,9H,2-4,7-8,10,17H2,1H3. The molecular weight excluding hydrogens is 269 g/mol. The van der Waals surface area contributed by atoms with Gasteiger partial charge in [0.25, 0.3) is 0 Å². The van der Waals surface area contributed by atoms with E-state index in [1.807, 2.05) is 0 Å². The molecule has 0 bridgehead atoms. The summed E-state index contributed by atoms with van der Waals surface area (Å²) in [4.78, 5) is 0. The topological polar surface area (TPSA) is 69.6 Å². The summed E-state index contributed by atoms with van der Waals surface area (Å²) < 4.78 is 15.5. The van der Waals surface area contributed by atoms with E-state index in [1.165, 1.54) is 31.7 Å². The fourth-order valence-corrected chi connectivity index (χ4v) is 3.25. The van der Waals surface area contributed by atoms with Crippen LogP contribution in [0.25, 0.3) is 11.4 Å². The molecule has 2 aromatic rings. The van der Waals surface area contributed by atoms with Crippen molar-refractivity contribution in [1.29, 1.82) is 0 Å². The van der Waals surface area contributed by atoms with E-state index in [0.717, 1.165) is 13.0 Å². The average Bonchev–Trinajstić information content (AvgIpc) is 3.12. The van der Waals surface area contributed by atoms with Gasteiger partial charge in [0.2, 0.25) is 0 Å². The Bertz CT molecular complexity index is 631. The molecule has 21 heavy (non-hydrogen) atoms. The Balaban J connectivity index is 1.91. The van der Waals surface area contributed by atoms with Crippen LogP contribution in [-0.2, 0) is 6.54 Å². The van der Waals surface area contributed by atoms with Crippen molar-refractivity contribution < 1.29 is 4.39 Å². The van der Waals surface area contributed by atoms with Crippen LogP contribution < -0.4 is 5.73 Å². The molecule has 1 fully saturated rings. The van der Waals surface area contributed by atoms with Gasteiger partial charge in [-0.15, -0.1) is 5.10 Å². The third kappa shape index (κ3) is 2.62. The highest BCUT2D eigenvalue weighted by atomic mass is 19.1. The number of tetrazole rings is 1. The fourth-order valence-electron chi connectivity index (χ4n) is 3.25. The Hall–Kier alpha value is -1.98. The van der Waals surface area contributed by atoms with E-state index in [9.17, 15) is 4.39 Å². The maximum atomic E-state index is 13.6. The quantitative estimate of drug-likeness (QED) is 0.878. The molecule has 3 rings (SSSR count). The van der Waals surface area contributed by atoms with Crippen LogP contribution in [-0.4, -0.2) is 20.2 Å². The maximum absolute atomic E-state index is 13.6. The lowest BCUT2D eigenvalue weighted by atomic mass is 9.83. The van der Waals surface area contributed by atoms with Crippen molar-refractivity contribution in [3.8, 4) is 11.4 Å². The van der Waals surface area contributed by atoms with Gasteiger partial charge in [0.15, 0.2) is 5.82 Å². The van der Waals surface area contributed by atoms with E-state index in [-0.39, 0.29) is 11.1 Å². The van der Waals surface area contributed by atoms with Gasteiger partial charge in [-0.1, -0.05) is 19.8 Å². The summed E-state index contributed by atoms with van der Waals surface area (Å²) in [7, 11) is 0. The zero-order valence-corrected chi connectivity index (χ0v) is 12.2. The van der Waals surface area contributed by atoms with Crippen LogP contribution >= 0.6 is 0 Å². The minimum Gasteiger partial charge on any atom is -0.396 e. The first-order valence-corrected chi connectivity index (χ1v) is 7.45. The molecule has 0 amide bonds. The monoisotopic (exact) mass is 289 g/mol. The van der Waals surface area contributed by atoms with Crippen LogP contribution in [0.15, 0.2) is 18.2 Å². The maximum Gasteiger partial charge on any atom is 0.182 e. The zero-order chi connectivity index (χ0) is 14.9. The van der Waals surface area contributed by atoms with E-state index in [0.29, 0.717) is 11.4 Å². The predicted molar refractivity (Wildman–Crippen MR) is 78.8 cm³/mol. The molecule has 0 radical (unpaired) electrons. The first-order chi connectivity index (χ1) is 10.1. The van der Waals surface area contributed by atoms with E-state index >= 15 is 0 Å². The molecule has 1 aliphatic rings. The molecule has 0 atom stereocenters. The van der Waals surface area contributed by atoms with Gasteiger partial charge in [-0.25, -0.2) is 9.07 Å². The van der Waals surface area contributed by atoms with Crippen molar-refractivity contribution in [2.24, 2.45) is 5.41 Å². The summed E-state index contributed by atoms with van der Waals surface area (Å²) in [5.41, 5.74) is 6.60. The van der Waals surface area contributed by atoms with Crippen molar-refractivity contribution in [1.82, 2.24) is 20.2 Å². The smallest absolute Gasteiger partial charge is 0.182 e. The van der Waals surface area contributed by atoms with Crippen molar-refractivity contribution in [2.45, 2.75) is 45.6 Å². The normalized spacial score (nSPS) is 17.2. The molecule has 1 heterocycles. The molecule has 1 saturated carbocycles. The highest BCUT2D eigenvalue weighted by Gasteiger charge is 2.33. The molecule has 6 heteroatoms. The van der Waals surface area contributed by atoms with Gasteiger partial charge in [-0.05, 0) is 53.3 Å². The van der Waals surface area contributed by atoms with Crippen LogP contribution in [0.4, 0.5) is 10.1 Å². The largest absolute Gasteiger partial charge is 0.396 e. The third-order valence-corrected chi connectivity index (χ3v) is 4.69. The van der Waals surface area contributed by atoms with Crippen LogP contribution in [0, 0.1) is 11.2 Å². The van der Waals surface area contributed by atoms with E-state index < -0.39 is 5.82 Å². The van der Waals surface area contributed by atoms with Gasteiger partial charge < -0.3 is 5.73 Å². The van der Waals surface area contributed by atoms with Crippen LogP contribution in [0.5, 0.6) is 0 Å². The second-order valence-electron chi connectivity index (χ2n) is 5.96. The number of hydrogen-bond acceptors (Lipinski definition) is 4. The summed E-state index contributed by atoms with van der Waals surface area (Å²) in [6.07, 6.45) is 6.06. The number of benzene rings is 1. The number of halogens is 1. The summed E-state index contributed by atoms with van der Waals surface area (Å²) >= 11 is 0. The van der Waals surface area contributed by atoms with E-state index in [4.69, 9.17) is 5.73 Å². The van der Waals surface area contributed by atoms with Gasteiger partial charge in [0.1, 0.15) is 5.82 Å². The van der Waals surface area contributed by atoms with Crippen molar-refractivity contribution in [3.05, 3.63) is 24.0 Å². The third-order valence-electron chi connectivity index (χ3n) is 4.69. The molecule has 0 unspecified atom stereocenters. The number of hydrogen-bond donors (Lipinski definition) is 1. The summed E-state index contributed by atoms with van der Waals surface area (Å²) in [6, 6.07) is 4.70. The van der Waals surface area contributed by atoms with Crippen molar-refractivity contribution >= 4 is 5.69 Å². The Morgan fingerprint density at radius 1 is 1.33 bits per heavy atom. The highest BCUT2D eigenvalue weighted by molar-refractivity contribution is 5.59. The number of aromatic nitrogens is 4. The second kappa shape index (κ2) is 5.42. The minimum atomic E-state index is -0.437. The molecule has 5 nitrogen and oxygen atoms in total. The molecule has 2 N–H and O–H groups in total. The molecule has 1 aromatic heterocycles. The summed E-state index contributed by atoms with van der Waals surface area (Å²) in [5.74, 6) is 0.168. The lowest BCUT2D eigenvalue weighted by molar-refractivity contribution is 0.226. The first-order valence-electron chi connectivity index (χ1n) is 7.45. The Kier molecular flexibility index (Phi) is 3.61. The molecule has 112 valence electrons. The Labute approximate surface area is 123 Å². The number of nitrogens with zero attached hydrogens (tertiary/aromatic N) is 4. The lowest BCUT2D eigenvalue weighted by Crippen LogP contribution is -2.24. The molecule has 0 saturated heterocycles. The summed E-state index contributed by atoms with van der Waals surface area (Å²) in [6.45, 7) is 3.01. The van der Waals surface area contributed by atoms with Gasteiger partial charge in [-0.2, -0.15) is 0 Å². The van der Waals surface area contributed by atoms with Gasteiger partial charge in [-0.3, -0.25) is 0 Å². The van der Waals surface area contributed by atoms with Crippen LogP contribution in [0.3, 0.4) is 0 Å². The SMILES string of the molecule is CCC1(Cn2nnnc2-c2ccc(N)c(F)c2)CCCC1. The van der Waals surface area contributed by atoms with Gasteiger partial charge in [0, 0.05) is 5.56 Å².